The van der Waals surface area contributed by atoms with E-state index >= 15 is 0 Å². The number of aliphatic carboxylic acids is 2. The maximum atomic E-state index is 9.10. The van der Waals surface area contributed by atoms with Crippen LogP contribution in [-0.2, 0) is 16.1 Å². The van der Waals surface area contributed by atoms with Crippen molar-refractivity contribution in [1.29, 1.82) is 0 Å². The Hall–Kier alpha value is -2.67. The van der Waals surface area contributed by atoms with Gasteiger partial charge in [-0.2, -0.15) is 0 Å². The van der Waals surface area contributed by atoms with Gasteiger partial charge in [-0.1, -0.05) is 18.2 Å². The Kier molecular flexibility index (Phi) is 8.95. The van der Waals surface area contributed by atoms with E-state index < -0.39 is 11.9 Å². The highest BCUT2D eigenvalue weighted by Gasteiger charge is 2.04. The van der Waals surface area contributed by atoms with E-state index in [1.165, 1.54) is 10.5 Å². The first kappa shape index (κ1) is 20.4. The van der Waals surface area contributed by atoms with Crippen LogP contribution in [0.2, 0.25) is 0 Å². The number of ether oxygens (including phenoxy) is 1. The fourth-order valence-electron chi connectivity index (χ4n) is 1.81. The highest BCUT2D eigenvalue weighted by Crippen LogP contribution is 2.20. The van der Waals surface area contributed by atoms with Crippen molar-refractivity contribution in [3.63, 3.8) is 0 Å². The third kappa shape index (κ3) is 8.12. The van der Waals surface area contributed by atoms with Gasteiger partial charge in [-0.05, 0) is 49.1 Å². The quantitative estimate of drug-likeness (QED) is 0.533. The Labute approximate surface area is 150 Å². The van der Waals surface area contributed by atoms with Gasteiger partial charge in [0.2, 0.25) is 0 Å². The fraction of sp³-hybridized carbons (Fsp3) is 0.222. The molecular weight excluding hydrogens is 342 g/mol. The molecule has 6 nitrogen and oxygen atoms in total. The number of carbonyl (C=O) groups is 2. The molecule has 25 heavy (non-hydrogen) atoms. The summed E-state index contributed by atoms with van der Waals surface area (Å²) in [5.74, 6) is -2.72. The smallest absolute Gasteiger partial charge is 0.414 e. The SMILES string of the molecule is CCOc1ccc(CNc2cccc(SC)c2)cc1.O=C(O)C(=O)O. The first-order chi connectivity index (χ1) is 12.0. The Morgan fingerprint density at radius 2 is 1.72 bits per heavy atom. The van der Waals surface area contributed by atoms with Gasteiger partial charge in [0.1, 0.15) is 5.75 Å². The van der Waals surface area contributed by atoms with Crippen molar-refractivity contribution in [2.75, 3.05) is 18.2 Å². The summed E-state index contributed by atoms with van der Waals surface area (Å²) in [7, 11) is 0. The molecule has 7 heteroatoms. The summed E-state index contributed by atoms with van der Waals surface area (Å²) in [6, 6.07) is 16.7. The van der Waals surface area contributed by atoms with E-state index in [-0.39, 0.29) is 0 Å². The Bertz CT molecular complexity index is 676. The molecule has 0 radical (unpaired) electrons. The lowest BCUT2D eigenvalue weighted by Gasteiger charge is -2.09. The topological polar surface area (TPSA) is 95.9 Å². The van der Waals surface area contributed by atoms with Gasteiger partial charge in [-0.3, -0.25) is 0 Å². The van der Waals surface area contributed by atoms with Gasteiger partial charge in [0.05, 0.1) is 6.61 Å². The molecule has 0 atom stereocenters. The highest BCUT2D eigenvalue weighted by molar-refractivity contribution is 7.98. The molecule has 0 aliphatic carbocycles. The number of nitrogens with one attached hydrogen (secondary N) is 1. The van der Waals surface area contributed by atoms with Gasteiger partial charge < -0.3 is 20.3 Å². The van der Waals surface area contributed by atoms with Crippen molar-refractivity contribution < 1.29 is 24.5 Å². The van der Waals surface area contributed by atoms with Crippen molar-refractivity contribution in [2.45, 2.75) is 18.4 Å². The van der Waals surface area contributed by atoms with Crippen LogP contribution in [0.4, 0.5) is 5.69 Å². The summed E-state index contributed by atoms with van der Waals surface area (Å²) in [6.45, 7) is 3.53. The van der Waals surface area contributed by atoms with Crippen molar-refractivity contribution in [2.24, 2.45) is 0 Å². The summed E-state index contributed by atoms with van der Waals surface area (Å²) >= 11 is 1.76. The third-order valence-electron chi connectivity index (χ3n) is 2.98. The first-order valence-corrected chi connectivity index (χ1v) is 8.74. The van der Waals surface area contributed by atoms with E-state index in [0.717, 1.165) is 18.0 Å². The van der Waals surface area contributed by atoms with E-state index in [0.29, 0.717) is 6.61 Å². The molecule has 2 aromatic carbocycles. The lowest BCUT2D eigenvalue weighted by Crippen LogP contribution is -2.09. The summed E-state index contributed by atoms with van der Waals surface area (Å²) in [5, 5.41) is 18.2. The number of benzene rings is 2. The molecule has 3 N–H and O–H groups in total. The molecule has 0 aliphatic heterocycles. The second kappa shape index (κ2) is 11.0. The zero-order valence-corrected chi connectivity index (χ0v) is 14.9. The van der Waals surface area contributed by atoms with Gasteiger partial charge in [-0.15, -0.1) is 11.8 Å². The maximum absolute atomic E-state index is 9.10. The van der Waals surface area contributed by atoms with Crippen molar-refractivity contribution in [3.8, 4) is 5.75 Å². The minimum absolute atomic E-state index is 0.707. The van der Waals surface area contributed by atoms with Crippen LogP contribution in [0, 0.1) is 0 Å². The lowest BCUT2D eigenvalue weighted by atomic mass is 10.2. The zero-order chi connectivity index (χ0) is 18.7. The molecule has 0 amide bonds. The number of hydrogen-bond donors (Lipinski definition) is 3. The highest BCUT2D eigenvalue weighted by atomic mass is 32.2. The Balaban J connectivity index is 0.000000450. The predicted octanol–water partition coefficient (Wildman–Crippen LogP) is 3.57. The molecular formula is C18H21NO5S. The minimum atomic E-state index is -1.82. The third-order valence-corrected chi connectivity index (χ3v) is 3.71. The second-order valence-electron chi connectivity index (χ2n) is 4.77. The van der Waals surface area contributed by atoms with E-state index in [4.69, 9.17) is 24.5 Å². The molecule has 0 spiro atoms. The number of anilines is 1. The van der Waals surface area contributed by atoms with Gasteiger partial charge in [0.25, 0.3) is 0 Å². The Morgan fingerprint density at radius 1 is 1.08 bits per heavy atom. The first-order valence-electron chi connectivity index (χ1n) is 7.52. The number of hydrogen-bond acceptors (Lipinski definition) is 5. The van der Waals surface area contributed by atoms with Crippen LogP contribution in [0.15, 0.2) is 53.4 Å². The van der Waals surface area contributed by atoms with Gasteiger partial charge in [0, 0.05) is 17.1 Å². The summed E-state index contributed by atoms with van der Waals surface area (Å²) in [4.78, 5) is 19.5. The van der Waals surface area contributed by atoms with Crippen molar-refractivity contribution >= 4 is 29.4 Å². The zero-order valence-electron chi connectivity index (χ0n) is 14.1. The normalized spacial score (nSPS) is 9.52. The molecule has 0 saturated heterocycles. The van der Waals surface area contributed by atoms with E-state index in [1.807, 2.05) is 19.1 Å². The monoisotopic (exact) mass is 363 g/mol. The summed E-state index contributed by atoms with van der Waals surface area (Å²) < 4.78 is 5.43. The van der Waals surface area contributed by atoms with Crippen LogP contribution in [0.25, 0.3) is 0 Å². The minimum Gasteiger partial charge on any atom is -0.494 e. The van der Waals surface area contributed by atoms with Crippen LogP contribution in [0.1, 0.15) is 12.5 Å². The second-order valence-corrected chi connectivity index (χ2v) is 5.65. The van der Waals surface area contributed by atoms with E-state index in [1.54, 1.807) is 11.8 Å². The van der Waals surface area contributed by atoms with E-state index in [9.17, 15) is 0 Å². The Morgan fingerprint density at radius 3 is 2.24 bits per heavy atom. The molecule has 134 valence electrons. The van der Waals surface area contributed by atoms with Crippen molar-refractivity contribution in [3.05, 3.63) is 54.1 Å². The average Bonchev–Trinajstić information content (AvgIpc) is 2.62. The van der Waals surface area contributed by atoms with Gasteiger partial charge in [0.15, 0.2) is 0 Å². The molecule has 0 aliphatic rings. The molecule has 2 rings (SSSR count). The lowest BCUT2D eigenvalue weighted by molar-refractivity contribution is -0.159. The summed E-state index contributed by atoms with van der Waals surface area (Å²) in [5.41, 5.74) is 2.40. The van der Waals surface area contributed by atoms with Crippen LogP contribution < -0.4 is 10.1 Å². The molecule has 0 saturated carbocycles. The number of thioether (sulfide) groups is 1. The average molecular weight is 363 g/mol. The predicted molar refractivity (Wildman–Crippen MR) is 98.4 cm³/mol. The van der Waals surface area contributed by atoms with Gasteiger partial charge in [-0.25, -0.2) is 9.59 Å². The van der Waals surface area contributed by atoms with Crippen LogP contribution in [0.3, 0.4) is 0 Å². The standard InChI is InChI=1S/C16H19NOS.C2H2O4/c1-3-18-15-9-7-13(8-10-15)12-17-14-5-4-6-16(11-14)19-2;3-1(4)2(5)6/h4-11,17H,3,12H2,1-2H3;(H,3,4)(H,5,6). The molecule has 0 heterocycles. The molecule has 2 aromatic rings. The van der Waals surface area contributed by atoms with E-state index in [2.05, 4.69) is 48.0 Å². The fourth-order valence-corrected chi connectivity index (χ4v) is 2.27. The molecule has 0 unspecified atom stereocenters. The van der Waals surface area contributed by atoms with Crippen LogP contribution in [0.5, 0.6) is 5.75 Å². The molecule has 0 aromatic heterocycles. The van der Waals surface area contributed by atoms with Crippen LogP contribution in [-0.4, -0.2) is 35.0 Å². The van der Waals surface area contributed by atoms with Crippen LogP contribution >= 0.6 is 11.8 Å². The molecule has 0 fully saturated rings. The van der Waals surface area contributed by atoms with Gasteiger partial charge >= 0.3 is 11.9 Å². The maximum Gasteiger partial charge on any atom is 0.414 e. The number of rotatable bonds is 6. The molecule has 0 bridgehead atoms. The number of carboxylic acids is 2. The largest absolute Gasteiger partial charge is 0.494 e. The number of carboxylic acid groups (broad SMARTS) is 2. The summed E-state index contributed by atoms with van der Waals surface area (Å²) in [6.07, 6.45) is 2.09. The van der Waals surface area contributed by atoms with Crippen molar-refractivity contribution in [1.82, 2.24) is 0 Å².